The van der Waals surface area contributed by atoms with Crippen LogP contribution in [0.15, 0.2) is 52.7 Å². The van der Waals surface area contributed by atoms with E-state index in [-0.39, 0.29) is 22.4 Å². The topological polar surface area (TPSA) is 71.1 Å². The highest BCUT2D eigenvalue weighted by Crippen LogP contribution is 2.39. The summed E-state index contributed by atoms with van der Waals surface area (Å²) in [5, 5.41) is 21.0. The molecule has 0 aliphatic carbocycles. The Kier molecular flexibility index (Phi) is 5.69. The van der Waals surface area contributed by atoms with Gasteiger partial charge in [0, 0.05) is 17.6 Å². The Morgan fingerprint density at radius 2 is 1.90 bits per heavy atom. The summed E-state index contributed by atoms with van der Waals surface area (Å²) in [6.45, 7) is 2.24. The first-order valence-electron chi connectivity index (χ1n) is 8.27. The van der Waals surface area contributed by atoms with Crippen LogP contribution in [0.2, 0.25) is 0 Å². The normalized spacial score (nSPS) is 11.9. The molecule has 0 unspecified atom stereocenters. The second-order valence-corrected chi connectivity index (χ2v) is 6.17. The van der Waals surface area contributed by atoms with E-state index in [1.54, 1.807) is 4.57 Å². The third-order valence-corrected chi connectivity index (χ3v) is 4.05. The van der Waals surface area contributed by atoms with Crippen molar-refractivity contribution >= 4 is 39.6 Å². The highest BCUT2D eigenvalue weighted by molar-refractivity contribution is 7.80. The lowest BCUT2D eigenvalue weighted by Gasteiger charge is -2.09. The molecule has 0 fully saturated rings. The molecular weight excluding hydrogens is 412 g/mol. The van der Waals surface area contributed by atoms with Crippen molar-refractivity contribution in [3.8, 4) is 11.6 Å². The van der Waals surface area contributed by atoms with Crippen LogP contribution in [0.4, 0.5) is 28.9 Å². The largest absolute Gasteiger partial charge is 0.573 e. The predicted molar refractivity (Wildman–Crippen MR) is 103 cm³/mol. The monoisotopic (exact) mass is 426 g/mol. The van der Waals surface area contributed by atoms with Crippen molar-refractivity contribution < 1.29 is 27.4 Å². The van der Waals surface area contributed by atoms with Crippen molar-refractivity contribution in [2.45, 2.75) is 19.8 Å². The first-order chi connectivity index (χ1) is 13.7. The van der Waals surface area contributed by atoms with Crippen LogP contribution < -0.4 is 10.1 Å². The lowest BCUT2D eigenvalue weighted by atomic mass is 10.2. The van der Waals surface area contributed by atoms with E-state index in [1.807, 2.05) is 6.92 Å². The van der Waals surface area contributed by atoms with E-state index in [4.69, 9.17) is 12.2 Å². The van der Waals surface area contributed by atoms with E-state index < -0.39 is 12.2 Å². The smallest absolute Gasteiger partial charge is 0.493 e. The molecule has 29 heavy (non-hydrogen) atoms. The highest BCUT2D eigenvalue weighted by atomic mass is 32.1. The SMILES string of the molecule is CCn1c(O)c(N=NC(=S)Nc2ccc(OC(F)(F)F)cc2)c2cc(F)ccc21. The Balaban J connectivity index is 1.77. The Bertz CT molecular complexity index is 1080. The van der Waals surface area contributed by atoms with Crippen LogP contribution in [0.3, 0.4) is 0 Å². The van der Waals surface area contributed by atoms with Gasteiger partial charge in [0.25, 0.3) is 0 Å². The van der Waals surface area contributed by atoms with Crippen molar-refractivity contribution in [3.05, 3.63) is 48.3 Å². The lowest BCUT2D eigenvalue weighted by Crippen LogP contribution is -2.17. The number of anilines is 1. The number of nitrogens with one attached hydrogen (secondary N) is 1. The van der Waals surface area contributed by atoms with Gasteiger partial charge in [-0.1, -0.05) is 0 Å². The molecular formula is C18H14F4N4O2S. The zero-order chi connectivity index (χ0) is 21.2. The van der Waals surface area contributed by atoms with E-state index in [1.165, 1.54) is 30.3 Å². The maximum atomic E-state index is 13.6. The van der Waals surface area contributed by atoms with Crippen LogP contribution >= 0.6 is 12.2 Å². The molecule has 3 aromatic rings. The van der Waals surface area contributed by atoms with Crippen molar-refractivity contribution in [1.29, 1.82) is 0 Å². The fourth-order valence-corrected chi connectivity index (χ4v) is 2.86. The second-order valence-electron chi connectivity index (χ2n) is 5.78. The Hall–Kier alpha value is -3.21. The summed E-state index contributed by atoms with van der Waals surface area (Å²) in [6, 6.07) is 8.88. The molecule has 0 saturated carbocycles. The molecule has 2 N–H and O–H groups in total. The summed E-state index contributed by atoms with van der Waals surface area (Å²) >= 11 is 5.04. The second kappa shape index (κ2) is 8.03. The van der Waals surface area contributed by atoms with E-state index in [0.29, 0.717) is 23.1 Å². The molecule has 2 aromatic carbocycles. The van der Waals surface area contributed by atoms with Gasteiger partial charge in [-0.3, -0.25) is 0 Å². The molecule has 0 spiro atoms. The average Bonchev–Trinajstić information content (AvgIpc) is 2.90. The summed E-state index contributed by atoms with van der Waals surface area (Å²) in [5.74, 6) is -1.06. The quantitative estimate of drug-likeness (QED) is 0.310. The molecule has 1 aromatic heterocycles. The Morgan fingerprint density at radius 1 is 1.21 bits per heavy atom. The number of hydrogen-bond acceptors (Lipinski definition) is 4. The summed E-state index contributed by atoms with van der Waals surface area (Å²) in [4.78, 5) is 0. The zero-order valence-corrected chi connectivity index (χ0v) is 15.7. The molecule has 6 nitrogen and oxygen atoms in total. The van der Waals surface area contributed by atoms with Gasteiger partial charge in [0.05, 0.1) is 5.52 Å². The van der Waals surface area contributed by atoms with E-state index >= 15 is 0 Å². The third-order valence-electron chi connectivity index (χ3n) is 3.87. The molecule has 3 rings (SSSR count). The molecule has 0 aliphatic heterocycles. The third kappa shape index (κ3) is 4.80. The molecule has 152 valence electrons. The van der Waals surface area contributed by atoms with Crippen molar-refractivity contribution in [2.24, 2.45) is 10.2 Å². The van der Waals surface area contributed by atoms with Gasteiger partial charge >= 0.3 is 6.36 Å². The number of nitrogens with zero attached hydrogens (tertiary/aromatic N) is 3. The highest BCUT2D eigenvalue weighted by Gasteiger charge is 2.30. The van der Waals surface area contributed by atoms with Crippen molar-refractivity contribution in [1.82, 2.24) is 4.57 Å². The van der Waals surface area contributed by atoms with Crippen LogP contribution in [0.1, 0.15) is 6.92 Å². The van der Waals surface area contributed by atoms with Crippen LogP contribution in [-0.4, -0.2) is 21.1 Å². The number of ether oxygens (including phenoxy) is 1. The standard InChI is InChI=1S/C18H14F4N4O2S/c1-2-26-14-8-3-10(19)9-13(14)15(16(26)27)24-25-17(29)23-11-4-6-12(7-5-11)28-18(20,21)22/h3-9,27H,2H2,1H3,(H,23,29). The van der Waals surface area contributed by atoms with Gasteiger partial charge in [-0.05, 0) is 61.6 Å². The van der Waals surface area contributed by atoms with E-state index in [2.05, 4.69) is 20.3 Å². The first kappa shape index (κ1) is 20.5. The van der Waals surface area contributed by atoms with Gasteiger partial charge < -0.3 is 19.7 Å². The summed E-state index contributed by atoms with van der Waals surface area (Å²) in [5.41, 5.74) is 0.994. The van der Waals surface area contributed by atoms with E-state index in [0.717, 1.165) is 12.1 Å². The van der Waals surface area contributed by atoms with Crippen LogP contribution in [0.5, 0.6) is 11.6 Å². The number of azo groups is 1. The number of alkyl halides is 3. The van der Waals surface area contributed by atoms with Gasteiger partial charge in [0.1, 0.15) is 11.6 Å². The van der Waals surface area contributed by atoms with Gasteiger partial charge in [-0.2, -0.15) is 0 Å². The summed E-state index contributed by atoms with van der Waals surface area (Å²) < 4.78 is 55.5. The fourth-order valence-electron chi connectivity index (χ4n) is 2.70. The molecule has 1 heterocycles. The number of hydrogen-bond donors (Lipinski definition) is 2. The predicted octanol–water partition coefficient (Wildman–Crippen LogP) is 5.89. The minimum atomic E-state index is -4.78. The zero-order valence-electron chi connectivity index (χ0n) is 14.9. The molecule has 0 amide bonds. The Labute approximate surface area is 167 Å². The van der Waals surface area contributed by atoms with Crippen molar-refractivity contribution in [2.75, 3.05) is 5.32 Å². The van der Waals surface area contributed by atoms with Gasteiger partial charge in [-0.25, -0.2) is 4.39 Å². The van der Waals surface area contributed by atoms with Gasteiger partial charge in [0.15, 0.2) is 5.69 Å². The minimum Gasteiger partial charge on any atom is -0.493 e. The molecule has 0 atom stereocenters. The fraction of sp³-hybridized carbons (Fsp3) is 0.167. The van der Waals surface area contributed by atoms with Crippen LogP contribution in [0, 0.1) is 5.82 Å². The number of halogens is 4. The number of aryl methyl sites for hydroxylation is 1. The number of thiocarbonyl (C=S) groups is 1. The Morgan fingerprint density at radius 3 is 2.52 bits per heavy atom. The summed E-state index contributed by atoms with van der Waals surface area (Å²) in [6.07, 6.45) is -4.78. The molecule has 0 bridgehead atoms. The number of aromatic nitrogens is 1. The molecule has 0 aliphatic rings. The molecule has 11 heteroatoms. The van der Waals surface area contributed by atoms with Crippen LogP contribution in [0.25, 0.3) is 10.9 Å². The lowest BCUT2D eigenvalue weighted by molar-refractivity contribution is -0.274. The maximum Gasteiger partial charge on any atom is 0.573 e. The molecule has 0 radical (unpaired) electrons. The summed E-state index contributed by atoms with van der Waals surface area (Å²) in [7, 11) is 0. The van der Waals surface area contributed by atoms with Gasteiger partial charge in [-0.15, -0.1) is 23.4 Å². The number of aromatic hydroxyl groups is 1. The van der Waals surface area contributed by atoms with E-state index in [9.17, 15) is 22.7 Å². The maximum absolute atomic E-state index is 13.6. The first-order valence-corrected chi connectivity index (χ1v) is 8.68. The number of benzene rings is 2. The van der Waals surface area contributed by atoms with Gasteiger partial charge in [0.2, 0.25) is 11.0 Å². The minimum absolute atomic E-state index is 0.0550. The molecule has 0 saturated heterocycles. The van der Waals surface area contributed by atoms with Crippen LogP contribution in [-0.2, 0) is 6.54 Å². The van der Waals surface area contributed by atoms with Crippen molar-refractivity contribution in [3.63, 3.8) is 0 Å². The average molecular weight is 426 g/mol. The number of fused-ring (bicyclic) bond motifs is 1. The number of rotatable bonds is 4.